The van der Waals surface area contributed by atoms with E-state index in [-0.39, 0.29) is 11.6 Å². The van der Waals surface area contributed by atoms with Crippen molar-refractivity contribution in [1.29, 1.82) is 0 Å². The smallest absolute Gasteiger partial charge is 0.292 e. The maximum atomic E-state index is 11.7. The summed E-state index contributed by atoms with van der Waals surface area (Å²) >= 11 is 0. The zero-order valence-corrected chi connectivity index (χ0v) is 11.6. The third-order valence-corrected chi connectivity index (χ3v) is 3.00. The van der Waals surface area contributed by atoms with Crippen molar-refractivity contribution in [2.24, 2.45) is 5.41 Å². The molecule has 0 radical (unpaired) electrons. The molecule has 0 aliphatic heterocycles. The Labute approximate surface area is 112 Å². The van der Waals surface area contributed by atoms with Crippen LogP contribution in [0.2, 0.25) is 0 Å². The van der Waals surface area contributed by atoms with Gasteiger partial charge in [0.1, 0.15) is 5.69 Å². The molecule has 0 heterocycles. The minimum absolute atomic E-state index is 0.0210. The molecule has 0 atom stereocenters. The van der Waals surface area contributed by atoms with Crippen molar-refractivity contribution in [3.63, 3.8) is 0 Å². The zero-order chi connectivity index (χ0) is 14.6. The van der Waals surface area contributed by atoms with E-state index in [9.17, 15) is 14.9 Å². The van der Waals surface area contributed by atoms with Crippen LogP contribution < -0.4 is 10.6 Å². The summed E-state index contributed by atoms with van der Waals surface area (Å²) in [5.41, 5.74) is 0.615. The van der Waals surface area contributed by atoms with Gasteiger partial charge in [-0.15, -0.1) is 0 Å². The molecule has 104 valence electrons. The van der Waals surface area contributed by atoms with Gasteiger partial charge in [-0.25, -0.2) is 0 Å². The second-order valence-corrected chi connectivity index (χ2v) is 5.04. The molecule has 1 aromatic rings. The van der Waals surface area contributed by atoms with E-state index in [2.05, 4.69) is 10.6 Å². The molecule has 0 bridgehead atoms. The summed E-state index contributed by atoms with van der Waals surface area (Å²) in [7, 11) is 1.57. The highest BCUT2D eigenvalue weighted by Crippen LogP contribution is 2.29. The summed E-state index contributed by atoms with van der Waals surface area (Å²) in [4.78, 5) is 22.2. The van der Waals surface area contributed by atoms with Gasteiger partial charge in [0.2, 0.25) is 5.91 Å². The third kappa shape index (κ3) is 3.43. The normalized spacial score (nSPS) is 10.9. The quantitative estimate of drug-likeness (QED) is 0.630. The first-order valence-corrected chi connectivity index (χ1v) is 5.99. The highest BCUT2D eigenvalue weighted by atomic mass is 16.6. The van der Waals surface area contributed by atoms with E-state index in [1.807, 2.05) is 0 Å². The molecule has 1 rings (SSSR count). The molecular formula is C13H19N3O3. The Morgan fingerprint density at radius 2 is 2.05 bits per heavy atom. The lowest BCUT2D eigenvalue weighted by atomic mass is 9.92. The Hall–Kier alpha value is -2.11. The topological polar surface area (TPSA) is 84.3 Å². The number of nitrogens with one attached hydrogen (secondary N) is 2. The van der Waals surface area contributed by atoms with Crippen molar-refractivity contribution in [3.05, 3.63) is 33.9 Å². The van der Waals surface area contributed by atoms with E-state index in [0.717, 1.165) is 5.56 Å². The fourth-order valence-electron chi connectivity index (χ4n) is 1.76. The fourth-order valence-corrected chi connectivity index (χ4v) is 1.76. The van der Waals surface area contributed by atoms with E-state index in [4.69, 9.17) is 0 Å². The Morgan fingerprint density at radius 3 is 2.58 bits per heavy atom. The van der Waals surface area contributed by atoms with Crippen LogP contribution in [0.3, 0.4) is 0 Å². The fraction of sp³-hybridized carbons (Fsp3) is 0.462. The number of hydrogen-bond acceptors (Lipinski definition) is 4. The van der Waals surface area contributed by atoms with E-state index >= 15 is 0 Å². The number of carbonyl (C=O) groups excluding carboxylic acids is 1. The van der Waals surface area contributed by atoms with Gasteiger partial charge in [-0.3, -0.25) is 14.9 Å². The van der Waals surface area contributed by atoms with Gasteiger partial charge in [0, 0.05) is 19.7 Å². The lowest BCUT2D eigenvalue weighted by molar-refractivity contribution is -0.384. The third-order valence-electron chi connectivity index (χ3n) is 3.00. The van der Waals surface area contributed by atoms with Gasteiger partial charge in [0.25, 0.3) is 5.69 Å². The van der Waals surface area contributed by atoms with Crippen LogP contribution in [-0.4, -0.2) is 24.4 Å². The molecule has 0 saturated heterocycles. The average molecular weight is 265 g/mol. The summed E-state index contributed by atoms with van der Waals surface area (Å²) in [6.45, 7) is 5.67. The van der Waals surface area contributed by atoms with Crippen LogP contribution in [0.15, 0.2) is 18.2 Å². The second kappa shape index (κ2) is 5.69. The van der Waals surface area contributed by atoms with Crippen LogP contribution in [-0.2, 0) is 4.79 Å². The Morgan fingerprint density at radius 1 is 1.42 bits per heavy atom. The van der Waals surface area contributed by atoms with Crippen molar-refractivity contribution >= 4 is 17.3 Å². The van der Waals surface area contributed by atoms with Crippen molar-refractivity contribution in [3.8, 4) is 0 Å². The Kier molecular flexibility index (Phi) is 4.47. The Bertz CT molecular complexity index is 498. The van der Waals surface area contributed by atoms with Gasteiger partial charge in [-0.2, -0.15) is 0 Å². The molecule has 6 heteroatoms. The van der Waals surface area contributed by atoms with Crippen LogP contribution in [0, 0.1) is 22.5 Å². The molecule has 0 saturated carbocycles. The van der Waals surface area contributed by atoms with Gasteiger partial charge in [0.05, 0.1) is 10.3 Å². The maximum Gasteiger partial charge on any atom is 0.292 e. The number of nitrogens with zero attached hydrogens (tertiary/aromatic N) is 1. The number of amides is 1. The molecule has 2 N–H and O–H groups in total. The largest absolute Gasteiger partial charge is 0.378 e. The molecule has 0 fully saturated rings. The molecule has 0 aliphatic rings. The van der Waals surface area contributed by atoms with Gasteiger partial charge >= 0.3 is 0 Å². The van der Waals surface area contributed by atoms with Crippen LogP contribution in [0.4, 0.5) is 11.4 Å². The first-order chi connectivity index (χ1) is 8.79. The number of benzene rings is 1. The maximum absolute atomic E-state index is 11.7. The van der Waals surface area contributed by atoms with Crippen LogP contribution in [0.5, 0.6) is 0 Å². The molecule has 0 aromatic heterocycles. The first kappa shape index (κ1) is 14.9. The SMILES string of the molecule is CNC(=O)C(C)(C)CNc1c(C)cccc1[N+](=O)[O-]. The van der Waals surface area contributed by atoms with Gasteiger partial charge < -0.3 is 10.6 Å². The lowest BCUT2D eigenvalue weighted by Crippen LogP contribution is -2.39. The summed E-state index contributed by atoms with van der Waals surface area (Å²) in [6.07, 6.45) is 0. The number of nitro groups is 1. The highest BCUT2D eigenvalue weighted by Gasteiger charge is 2.27. The van der Waals surface area contributed by atoms with Crippen LogP contribution in [0.25, 0.3) is 0 Å². The van der Waals surface area contributed by atoms with Gasteiger partial charge in [-0.1, -0.05) is 12.1 Å². The number of carbonyl (C=O) groups is 1. The first-order valence-electron chi connectivity index (χ1n) is 5.99. The van der Waals surface area contributed by atoms with Gasteiger partial charge in [0.15, 0.2) is 0 Å². The summed E-state index contributed by atoms with van der Waals surface area (Å²) in [5, 5.41) is 16.6. The molecule has 1 amide bonds. The van der Waals surface area contributed by atoms with Gasteiger partial charge in [-0.05, 0) is 26.3 Å². The number of anilines is 1. The summed E-state index contributed by atoms with van der Waals surface area (Å²) in [5.74, 6) is -0.115. The minimum atomic E-state index is -0.648. The molecule has 0 spiro atoms. The predicted molar refractivity (Wildman–Crippen MR) is 74.2 cm³/mol. The molecule has 6 nitrogen and oxygen atoms in total. The zero-order valence-electron chi connectivity index (χ0n) is 11.6. The van der Waals surface area contributed by atoms with E-state index < -0.39 is 10.3 Å². The average Bonchev–Trinajstić information content (AvgIpc) is 2.35. The predicted octanol–water partition coefficient (Wildman–Crippen LogP) is 2.09. The summed E-state index contributed by atoms with van der Waals surface area (Å²) in [6, 6.07) is 4.88. The molecule has 0 aliphatic carbocycles. The summed E-state index contributed by atoms with van der Waals surface area (Å²) < 4.78 is 0. The standard InChI is InChI=1S/C13H19N3O3/c1-9-6-5-7-10(16(18)19)11(9)15-8-13(2,3)12(17)14-4/h5-7,15H,8H2,1-4H3,(H,14,17). The number of nitro benzene ring substituents is 1. The van der Waals surface area contributed by atoms with E-state index in [1.54, 1.807) is 40.0 Å². The molecule has 0 unspecified atom stereocenters. The number of rotatable bonds is 5. The van der Waals surface area contributed by atoms with Crippen LogP contribution in [0.1, 0.15) is 19.4 Å². The van der Waals surface area contributed by atoms with Crippen molar-refractivity contribution in [1.82, 2.24) is 5.32 Å². The molecular weight excluding hydrogens is 246 g/mol. The number of hydrogen-bond donors (Lipinski definition) is 2. The minimum Gasteiger partial charge on any atom is -0.378 e. The highest BCUT2D eigenvalue weighted by molar-refractivity contribution is 5.82. The second-order valence-electron chi connectivity index (χ2n) is 5.04. The van der Waals surface area contributed by atoms with Crippen molar-refractivity contribution in [2.45, 2.75) is 20.8 Å². The van der Waals surface area contributed by atoms with E-state index in [0.29, 0.717) is 12.2 Å². The van der Waals surface area contributed by atoms with Crippen LogP contribution >= 0.6 is 0 Å². The number of aryl methyl sites for hydroxylation is 1. The molecule has 19 heavy (non-hydrogen) atoms. The molecule has 1 aromatic carbocycles. The van der Waals surface area contributed by atoms with Crippen molar-refractivity contribution < 1.29 is 9.72 Å². The van der Waals surface area contributed by atoms with Crippen molar-refractivity contribution in [2.75, 3.05) is 18.9 Å². The van der Waals surface area contributed by atoms with E-state index in [1.165, 1.54) is 6.07 Å². The Balaban J connectivity index is 2.95. The number of para-hydroxylation sites is 1. The monoisotopic (exact) mass is 265 g/mol. The lowest BCUT2D eigenvalue weighted by Gasteiger charge is -2.23.